The van der Waals surface area contributed by atoms with Gasteiger partial charge in [-0.2, -0.15) is 11.8 Å². The minimum absolute atomic E-state index is 0.106. The fourth-order valence-corrected chi connectivity index (χ4v) is 6.93. The molecule has 0 radical (unpaired) electrons. The molecule has 116 valence electrons. The molecule has 0 N–H and O–H groups in total. The first-order valence-corrected chi connectivity index (χ1v) is 11.1. The summed E-state index contributed by atoms with van der Waals surface area (Å²) in [6.07, 6.45) is 5.70. The van der Waals surface area contributed by atoms with Crippen LogP contribution in [0.3, 0.4) is 0 Å². The van der Waals surface area contributed by atoms with Crippen LogP contribution in [-0.2, 0) is 22.7 Å². The number of thioether (sulfide) groups is 1. The Morgan fingerprint density at radius 3 is 2.81 bits per heavy atom. The highest BCUT2D eigenvalue weighted by molar-refractivity contribution is 8.00. The molecule has 1 amide bonds. The van der Waals surface area contributed by atoms with E-state index in [9.17, 15) is 13.2 Å². The van der Waals surface area contributed by atoms with E-state index < -0.39 is 15.2 Å². The number of amides is 1. The van der Waals surface area contributed by atoms with E-state index in [1.165, 1.54) is 29.5 Å². The van der Waals surface area contributed by atoms with E-state index in [0.717, 1.165) is 18.6 Å². The monoisotopic (exact) mass is 345 g/mol. The van der Waals surface area contributed by atoms with E-state index in [2.05, 4.69) is 0 Å². The normalized spacial score (nSPS) is 22.9. The lowest BCUT2D eigenvalue weighted by Crippen LogP contribution is -2.49. The zero-order chi connectivity index (χ0) is 15.0. The van der Waals surface area contributed by atoms with Crippen LogP contribution in [0, 0.1) is 0 Å². The van der Waals surface area contributed by atoms with Crippen molar-refractivity contribution in [3.63, 3.8) is 0 Å². The van der Waals surface area contributed by atoms with Gasteiger partial charge >= 0.3 is 0 Å². The van der Waals surface area contributed by atoms with E-state index >= 15 is 0 Å². The summed E-state index contributed by atoms with van der Waals surface area (Å²) in [5.41, 5.74) is 1.29. The Hall–Kier alpha value is -0.530. The molecule has 1 aromatic rings. The molecule has 4 nitrogen and oxygen atoms in total. The molecule has 1 aliphatic heterocycles. The summed E-state index contributed by atoms with van der Waals surface area (Å²) in [7, 11) is -3.24. The molecular formula is C14H19NO3S3. The molecular weight excluding hydrogens is 326 g/mol. The number of carbonyl (C=O) groups excluding carboxylic acids is 1. The highest BCUT2D eigenvalue weighted by Crippen LogP contribution is 2.32. The Morgan fingerprint density at radius 1 is 1.33 bits per heavy atom. The van der Waals surface area contributed by atoms with Crippen LogP contribution in [0.4, 0.5) is 0 Å². The first kappa shape index (κ1) is 15.4. The van der Waals surface area contributed by atoms with E-state index in [0.29, 0.717) is 17.2 Å². The minimum Gasteiger partial charge on any atom is -0.319 e. The van der Waals surface area contributed by atoms with Crippen molar-refractivity contribution in [1.29, 1.82) is 0 Å². The van der Waals surface area contributed by atoms with Crippen LogP contribution in [0.15, 0.2) is 6.07 Å². The lowest BCUT2D eigenvalue weighted by molar-refractivity contribution is 0.0754. The Balaban J connectivity index is 1.87. The lowest BCUT2D eigenvalue weighted by atomic mass is 9.99. The zero-order valence-corrected chi connectivity index (χ0v) is 14.5. The first-order valence-electron chi connectivity index (χ1n) is 7.16. The maximum Gasteiger partial charge on any atom is 0.265 e. The Labute approximate surface area is 133 Å². The van der Waals surface area contributed by atoms with Crippen LogP contribution in [0.5, 0.6) is 0 Å². The van der Waals surface area contributed by atoms with Crippen LogP contribution < -0.4 is 0 Å². The number of nitrogens with zero attached hydrogens (tertiary/aromatic N) is 1. The molecule has 0 unspecified atom stereocenters. The fourth-order valence-electron chi connectivity index (χ4n) is 2.91. The number of sulfone groups is 1. The van der Waals surface area contributed by atoms with Crippen LogP contribution in [-0.4, -0.2) is 48.9 Å². The van der Waals surface area contributed by atoms with Gasteiger partial charge in [0.1, 0.15) is 5.37 Å². The summed E-state index contributed by atoms with van der Waals surface area (Å²) in [5, 5.41) is -0.678. The molecule has 1 atom stereocenters. The number of carbonyl (C=O) groups is 1. The maximum atomic E-state index is 12.7. The van der Waals surface area contributed by atoms with Gasteiger partial charge in [-0.25, -0.2) is 8.42 Å². The van der Waals surface area contributed by atoms with Gasteiger partial charge in [0.25, 0.3) is 5.91 Å². The number of hydrogen-bond acceptors (Lipinski definition) is 5. The second kappa shape index (κ2) is 5.93. The van der Waals surface area contributed by atoms with Gasteiger partial charge in [0.05, 0.1) is 4.88 Å². The number of aryl methyl sites for hydroxylation is 2. The van der Waals surface area contributed by atoms with Crippen molar-refractivity contribution in [3.05, 3.63) is 21.4 Å². The van der Waals surface area contributed by atoms with Crippen molar-refractivity contribution in [2.24, 2.45) is 0 Å². The molecule has 0 spiro atoms. The van der Waals surface area contributed by atoms with Crippen molar-refractivity contribution in [1.82, 2.24) is 4.90 Å². The Bertz CT molecular complexity index is 627. The molecule has 0 aromatic carbocycles. The zero-order valence-electron chi connectivity index (χ0n) is 12.0. The SMILES string of the molecule is CS(=O)(=O)[C@H]1CSCCN1C(=O)c1cc2c(s1)CCCC2. The van der Waals surface area contributed by atoms with Gasteiger partial charge < -0.3 is 4.90 Å². The standard InChI is InChI=1S/C14H19NO3S3/c1-21(17,18)13-9-19-7-6-15(13)14(16)12-8-10-4-2-3-5-11(10)20-12/h8,13H,2-7,9H2,1H3/t13-/m0/s1. The quantitative estimate of drug-likeness (QED) is 0.824. The summed E-state index contributed by atoms with van der Waals surface area (Å²) in [4.78, 5) is 16.3. The number of rotatable bonds is 2. The summed E-state index contributed by atoms with van der Waals surface area (Å²) >= 11 is 3.16. The first-order chi connectivity index (χ1) is 9.97. The molecule has 1 aromatic heterocycles. The Morgan fingerprint density at radius 2 is 2.10 bits per heavy atom. The van der Waals surface area contributed by atoms with Gasteiger partial charge in [0, 0.05) is 29.2 Å². The van der Waals surface area contributed by atoms with Gasteiger partial charge in [0.2, 0.25) is 0 Å². The van der Waals surface area contributed by atoms with Gasteiger partial charge in [-0.15, -0.1) is 11.3 Å². The maximum absolute atomic E-state index is 12.7. The summed E-state index contributed by atoms with van der Waals surface area (Å²) in [6, 6.07) is 1.99. The van der Waals surface area contributed by atoms with Crippen LogP contribution in [0.25, 0.3) is 0 Å². The number of hydrogen-bond donors (Lipinski definition) is 0. The van der Waals surface area contributed by atoms with Gasteiger partial charge in [0.15, 0.2) is 9.84 Å². The topological polar surface area (TPSA) is 54.5 Å². The van der Waals surface area contributed by atoms with E-state index in [1.54, 1.807) is 28.0 Å². The molecule has 1 fully saturated rings. The third-order valence-electron chi connectivity index (χ3n) is 4.05. The molecule has 1 aliphatic carbocycles. The number of fused-ring (bicyclic) bond motifs is 1. The highest BCUT2D eigenvalue weighted by Gasteiger charge is 2.35. The number of thiophene rings is 1. The van der Waals surface area contributed by atoms with Crippen LogP contribution in [0.1, 0.15) is 33.0 Å². The largest absolute Gasteiger partial charge is 0.319 e. The average Bonchev–Trinajstić information content (AvgIpc) is 2.89. The molecule has 2 heterocycles. The average molecular weight is 346 g/mol. The predicted molar refractivity (Wildman–Crippen MR) is 88.0 cm³/mol. The Kier molecular flexibility index (Phi) is 4.34. The molecule has 7 heteroatoms. The van der Waals surface area contributed by atoms with Gasteiger partial charge in [-0.1, -0.05) is 0 Å². The van der Waals surface area contributed by atoms with E-state index in [1.807, 2.05) is 6.07 Å². The second-order valence-corrected chi connectivity index (χ2v) is 10.1. The summed E-state index contributed by atoms with van der Waals surface area (Å²) in [6.45, 7) is 0.518. The molecule has 21 heavy (non-hydrogen) atoms. The van der Waals surface area contributed by atoms with Crippen LogP contribution in [0.2, 0.25) is 0 Å². The van der Waals surface area contributed by atoms with Gasteiger partial charge in [-0.05, 0) is 37.3 Å². The van der Waals surface area contributed by atoms with Crippen molar-refractivity contribution < 1.29 is 13.2 Å². The summed E-state index contributed by atoms with van der Waals surface area (Å²) in [5.74, 6) is 1.18. The smallest absolute Gasteiger partial charge is 0.265 e. The molecule has 2 aliphatic rings. The molecule has 3 rings (SSSR count). The predicted octanol–water partition coefficient (Wildman–Crippen LogP) is 2.19. The van der Waals surface area contributed by atoms with Crippen molar-refractivity contribution in [2.45, 2.75) is 31.1 Å². The van der Waals surface area contributed by atoms with Crippen molar-refractivity contribution in [3.8, 4) is 0 Å². The minimum atomic E-state index is -3.24. The van der Waals surface area contributed by atoms with Crippen LogP contribution >= 0.6 is 23.1 Å². The third-order valence-corrected chi connectivity index (χ3v) is 7.92. The second-order valence-electron chi connectivity index (χ2n) is 5.62. The highest BCUT2D eigenvalue weighted by atomic mass is 32.2. The lowest BCUT2D eigenvalue weighted by Gasteiger charge is -2.33. The van der Waals surface area contributed by atoms with Crippen molar-refractivity contribution in [2.75, 3.05) is 24.3 Å². The van der Waals surface area contributed by atoms with Gasteiger partial charge in [-0.3, -0.25) is 4.79 Å². The summed E-state index contributed by atoms with van der Waals surface area (Å²) < 4.78 is 23.8. The van der Waals surface area contributed by atoms with E-state index in [4.69, 9.17) is 0 Å². The van der Waals surface area contributed by atoms with Crippen molar-refractivity contribution >= 4 is 38.8 Å². The molecule has 1 saturated heterocycles. The molecule has 0 saturated carbocycles. The fraction of sp³-hybridized carbons (Fsp3) is 0.643. The van der Waals surface area contributed by atoms with E-state index in [-0.39, 0.29) is 5.91 Å². The molecule has 0 bridgehead atoms. The third kappa shape index (κ3) is 3.14.